The van der Waals surface area contributed by atoms with Crippen molar-refractivity contribution in [2.24, 2.45) is 0 Å². The molecule has 0 aromatic carbocycles. The minimum atomic E-state index is -0.864. The quantitative estimate of drug-likeness (QED) is 0.348. The molecule has 0 saturated carbocycles. The second-order valence-electron chi connectivity index (χ2n) is 2.33. The molecule has 0 atom stereocenters. The molecule has 1 aliphatic rings. The topological polar surface area (TPSA) is 24.1 Å². The van der Waals surface area contributed by atoms with Crippen LogP contribution < -0.4 is 10.6 Å². The minimum Gasteiger partial charge on any atom is -0.272 e. The van der Waals surface area contributed by atoms with Gasteiger partial charge >= 0.3 is 0 Å². The molecule has 1 saturated heterocycles. The maximum Gasteiger partial charge on any atom is 0.121 e. The molecule has 2 N–H and O–H groups in total. The van der Waals surface area contributed by atoms with Gasteiger partial charge in [0.15, 0.2) is 0 Å². The lowest BCUT2D eigenvalue weighted by atomic mass is 11.0. The first kappa shape index (κ1) is 6.81. The van der Waals surface area contributed by atoms with E-state index < -0.39 is 6.46 Å². The molecule has 1 heterocycles. The smallest absolute Gasteiger partial charge is 0.121 e. The van der Waals surface area contributed by atoms with Crippen LogP contribution in [0, 0.1) is 0 Å². The van der Waals surface area contributed by atoms with E-state index in [1.54, 1.807) is 0 Å². The van der Waals surface area contributed by atoms with Crippen molar-refractivity contribution in [1.82, 2.24) is 10.6 Å². The first-order chi connectivity index (χ1) is 3.71. The van der Waals surface area contributed by atoms with Crippen LogP contribution in [0.1, 0.15) is 0 Å². The lowest BCUT2D eigenvalue weighted by molar-refractivity contribution is 0.651. The monoisotopic (exact) mass is 151 g/mol. The van der Waals surface area contributed by atoms with Gasteiger partial charge in [0, 0.05) is 12.2 Å². The highest BCUT2D eigenvalue weighted by molar-refractivity contribution is 8.52. The Morgan fingerprint density at radius 3 is 2.12 bits per heavy atom. The van der Waals surface area contributed by atoms with Crippen LogP contribution in [0.3, 0.4) is 0 Å². The maximum absolute atomic E-state index is 4.50. The van der Waals surface area contributed by atoms with Crippen LogP contribution in [0.4, 0.5) is 0 Å². The molecular weight excluding hydrogens is 139 g/mol. The summed E-state index contributed by atoms with van der Waals surface area (Å²) >= 11 is 4.50. The maximum atomic E-state index is 4.50. The Bertz CT molecular complexity index is 78.1. The van der Waals surface area contributed by atoms with E-state index in [9.17, 15) is 0 Å². The van der Waals surface area contributed by atoms with Crippen LogP contribution in [0.5, 0.6) is 0 Å². The summed E-state index contributed by atoms with van der Waals surface area (Å²) < 4.78 is 0. The molecule has 0 aliphatic carbocycles. The van der Waals surface area contributed by atoms with Gasteiger partial charge in [0.2, 0.25) is 0 Å². The van der Waals surface area contributed by atoms with Crippen molar-refractivity contribution < 1.29 is 0 Å². The summed E-state index contributed by atoms with van der Waals surface area (Å²) in [4.78, 5) is 0. The second-order valence-corrected chi connectivity index (χ2v) is 8.54. The Morgan fingerprint density at radius 2 is 1.88 bits per heavy atom. The van der Waals surface area contributed by atoms with Crippen molar-refractivity contribution >= 4 is 18.7 Å². The molecule has 0 bridgehead atoms. The van der Waals surface area contributed by atoms with Gasteiger partial charge in [-0.3, -0.25) is 10.6 Å². The number of hydrogen-bond acceptors (Lipinski definition) is 3. The fourth-order valence-corrected chi connectivity index (χ4v) is 2.64. The van der Waals surface area contributed by atoms with Crippen LogP contribution in [-0.4, -0.2) is 25.9 Å². The Morgan fingerprint density at radius 1 is 1.38 bits per heavy atom. The SMILES string of the molecule is C[P+]1(S)CNCNC1. The molecule has 48 valence electrons. The summed E-state index contributed by atoms with van der Waals surface area (Å²) in [5, 5.41) is 6.47. The summed E-state index contributed by atoms with van der Waals surface area (Å²) in [6.45, 7) is 2.32. The Hall–Kier alpha value is 0.700. The number of nitrogens with one attached hydrogen (secondary N) is 2. The third-order valence-corrected chi connectivity index (χ3v) is 3.81. The molecule has 0 amide bonds. The number of hydrogen-bond donors (Lipinski definition) is 3. The normalized spacial score (nSPS) is 27.8. The van der Waals surface area contributed by atoms with E-state index in [4.69, 9.17) is 0 Å². The summed E-state index contributed by atoms with van der Waals surface area (Å²) in [6, 6.07) is 0. The molecule has 0 unspecified atom stereocenters. The minimum absolute atomic E-state index is 0.864. The largest absolute Gasteiger partial charge is 0.272 e. The fraction of sp³-hybridized carbons (Fsp3) is 1.00. The van der Waals surface area contributed by atoms with Gasteiger partial charge in [0.05, 0.1) is 19.8 Å². The van der Waals surface area contributed by atoms with Gasteiger partial charge in [-0.2, -0.15) is 0 Å². The predicted molar refractivity (Wildman–Crippen MR) is 42.7 cm³/mol. The zero-order chi connectivity index (χ0) is 6.04. The van der Waals surface area contributed by atoms with Crippen LogP contribution in [0.25, 0.3) is 0 Å². The van der Waals surface area contributed by atoms with Crippen molar-refractivity contribution in [1.29, 1.82) is 0 Å². The average molecular weight is 151 g/mol. The van der Waals surface area contributed by atoms with Crippen LogP contribution in [0.2, 0.25) is 0 Å². The first-order valence-electron chi connectivity index (χ1n) is 2.69. The molecule has 1 rings (SSSR count). The molecule has 0 aromatic heterocycles. The lowest BCUT2D eigenvalue weighted by Crippen LogP contribution is -2.37. The average Bonchev–Trinajstić information content (AvgIpc) is 1.65. The molecule has 8 heavy (non-hydrogen) atoms. The van der Waals surface area contributed by atoms with E-state index in [1.165, 1.54) is 0 Å². The van der Waals surface area contributed by atoms with Crippen molar-refractivity contribution in [3.63, 3.8) is 0 Å². The first-order valence-corrected chi connectivity index (χ1v) is 6.45. The van der Waals surface area contributed by atoms with Crippen molar-refractivity contribution in [3.8, 4) is 0 Å². The molecular formula is C4H12N2PS+. The number of rotatable bonds is 0. The Kier molecular flexibility index (Phi) is 2.15. The molecule has 0 radical (unpaired) electrons. The van der Waals surface area contributed by atoms with Crippen molar-refractivity contribution in [3.05, 3.63) is 0 Å². The third kappa shape index (κ3) is 1.90. The zero-order valence-electron chi connectivity index (χ0n) is 5.02. The molecule has 1 fully saturated rings. The summed E-state index contributed by atoms with van der Waals surface area (Å²) in [7, 11) is 0. The molecule has 0 aromatic rings. The molecule has 2 nitrogen and oxygen atoms in total. The van der Waals surface area contributed by atoms with E-state index in [-0.39, 0.29) is 0 Å². The van der Waals surface area contributed by atoms with Gasteiger partial charge in [-0.05, 0) is 0 Å². The number of thiol groups is 1. The van der Waals surface area contributed by atoms with Gasteiger partial charge in [0.25, 0.3) is 0 Å². The van der Waals surface area contributed by atoms with Gasteiger partial charge in [0.1, 0.15) is 12.6 Å². The highest BCUT2D eigenvalue weighted by Crippen LogP contribution is 2.58. The van der Waals surface area contributed by atoms with Crippen molar-refractivity contribution in [2.75, 3.05) is 25.9 Å². The molecule has 0 spiro atoms. The van der Waals surface area contributed by atoms with Crippen LogP contribution in [-0.2, 0) is 0 Å². The predicted octanol–water partition coefficient (Wildman–Crippen LogP) is 0.544. The van der Waals surface area contributed by atoms with E-state index >= 15 is 0 Å². The van der Waals surface area contributed by atoms with E-state index in [1.807, 2.05) is 0 Å². The van der Waals surface area contributed by atoms with Crippen LogP contribution >= 0.6 is 18.7 Å². The third-order valence-electron chi connectivity index (χ3n) is 1.15. The van der Waals surface area contributed by atoms with Gasteiger partial charge in [-0.1, -0.05) is 0 Å². The van der Waals surface area contributed by atoms with Gasteiger partial charge in [-0.15, -0.1) is 0 Å². The molecule has 4 heteroatoms. The highest BCUT2D eigenvalue weighted by Gasteiger charge is 2.28. The van der Waals surface area contributed by atoms with Gasteiger partial charge < -0.3 is 0 Å². The van der Waals surface area contributed by atoms with E-state index in [0.29, 0.717) is 0 Å². The van der Waals surface area contributed by atoms with E-state index in [2.05, 4.69) is 29.5 Å². The second kappa shape index (κ2) is 2.53. The van der Waals surface area contributed by atoms with E-state index in [0.717, 1.165) is 19.2 Å². The summed E-state index contributed by atoms with van der Waals surface area (Å²) in [6.07, 6.45) is 2.23. The lowest BCUT2D eigenvalue weighted by Gasteiger charge is -2.22. The standard InChI is InChI=1S/C4H12N2PS/c1-7(8)3-5-2-6-4-7/h5-6,8H,2-4H2,1H3/q+1. The Labute approximate surface area is 55.9 Å². The highest BCUT2D eigenvalue weighted by atomic mass is 32.7. The van der Waals surface area contributed by atoms with Crippen molar-refractivity contribution in [2.45, 2.75) is 0 Å². The van der Waals surface area contributed by atoms with Crippen LogP contribution in [0.15, 0.2) is 0 Å². The zero-order valence-corrected chi connectivity index (χ0v) is 6.80. The summed E-state index contributed by atoms with van der Waals surface area (Å²) in [5.41, 5.74) is 0. The Balaban J connectivity index is 2.33. The van der Waals surface area contributed by atoms with Gasteiger partial charge in [-0.25, -0.2) is 0 Å². The molecule has 1 aliphatic heterocycles. The fourth-order valence-electron chi connectivity index (χ4n) is 0.738. The summed E-state index contributed by atoms with van der Waals surface area (Å²) in [5.74, 6) is 0.